The number of hydrogen-bond acceptors (Lipinski definition) is 4. The molecule has 2 rings (SSSR count). The predicted octanol–water partition coefficient (Wildman–Crippen LogP) is 1.76. The highest BCUT2D eigenvalue weighted by Crippen LogP contribution is 2.13. The van der Waals surface area contributed by atoms with Gasteiger partial charge in [0.25, 0.3) is 0 Å². The summed E-state index contributed by atoms with van der Waals surface area (Å²) in [7, 11) is 1.94. The number of likely N-dealkylation sites (N-methyl/N-ethyl adjacent to an activating group) is 1. The molecule has 132 valence electrons. The number of anilines is 1. The minimum atomic E-state index is -0.0963. The van der Waals surface area contributed by atoms with Crippen molar-refractivity contribution in [1.82, 2.24) is 10.2 Å². The highest BCUT2D eigenvalue weighted by atomic mass is 16.5. The molecular formula is C18H27N3O3. The van der Waals surface area contributed by atoms with Gasteiger partial charge in [-0.25, -0.2) is 0 Å². The molecule has 0 saturated carbocycles. The van der Waals surface area contributed by atoms with Gasteiger partial charge in [0.2, 0.25) is 11.8 Å². The highest BCUT2D eigenvalue weighted by molar-refractivity contribution is 5.88. The molecule has 1 saturated heterocycles. The Morgan fingerprint density at radius 3 is 2.62 bits per heavy atom. The van der Waals surface area contributed by atoms with Crippen molar-refractivity contribution in [2.45, 2.75) is 38.8 Å². The zero-order valence-electron chi connectivity index (χ0n) is 14.5. The standard InChI is InChI=1S/C18H27N3O3/c1-14(22)20-16-8-6-15(7-9-16)11-19-18(23)13-21(2)12-17-5-3-4-10-24-17/h6-9,17H,3-5,10-13H2,1-2H3,(H,19,23)(H,20,22)/t17-/m0/s1. The molecule has 1 aromatic carbocycles. The highest BCUT2D eigenvalue weighted by Gasteiger charge is 2.17. The van der Waals surface area contributed by atoms with Gasteiger partial charge in [0.05, 0.1) is 12.6 Å². The normalized spacial score (nSPS) is 17.5. The summed E-state index contributed by atoms with van der Waals surface area (Å²) >= 11 is 0. The lowest BCUT2D eigenvalue weighted by Gasteiger charge is -2.27. The Hall–Kier alpha value is -1.92. The van der Waals surface area contributed by atoms with Crippen LogP contribution in [0.1, 0.15) is 31.7 Å². The number of amides is 2. The maximum atomic E-state index is 12.0. The van der Waals surface area contributed by atoms with Crippen molar-refractivity contribution < 1.29 is 14.3 Å². The van der Waals surface area contributed by atoms with E-state index in [0.29, 0.717) is 13.1 Å². The van der Waals surface area contributed by atoms with E-state index in [1.54, 1.807) is 0 Å². The molecule has 1 aromatic rings. The van der Waals surface area contributed by atoms with Gasteiger partial charge >= 0.3 is 0 Å². The van der Waals surface area contributed by atoms with Crippen LogP contribution < -0.4 is 10.6 Å². The van der Waals surface area contributed by atoms with Gasteiger partial charge in [-0.05, 0) is 44.0 Å². The third-order valence-electron chi connectivity index (χ3n) is 3.97. The second kappa shape index (κ2) is 9.39. The second-order valence-corrected chi connectivity index (χ2v) is 6.34. The third-order valence-corrected chi connectivity index (χ3v) is 3.97. The largest absolute Gasteiger partial charge is 0.377 e. The Bertz CT molecular complexity index is 539. The molecule has 6 nitrogen and oxygen atoms in total. The smallest absolute Gasteiger partial charge is 0.234 e. The van der Waals surface area contributed by atoms with Crippen LogP contribution in [0.15, 0.2) is 24.3 Å². The van der Waals surface area contributed by atoms with E-state index in [2.05, 4.69) is 10.6 Å². The predicted molar refractivity (Wildman–Crippen MR) is 93.7 cm³/mol. The number of nitrogens with one attached hydrogen (secondary N) is 2. The summed E-state index contributed by atoms with van der Waals surface area (Å²) in [5.41, 5.74) is 1.75. The lowest BCUT2D eigenvalue weighted by molar-refractivity contribution is -0.122. The topological polar surface area (TPSA) is 70.7 Å². The maximum absolute atomic E-state index is 12.0. The summed E-state index contributed by atoms with van der Waals surface area (Å²) in [6, 6.07) is 7.45. The van der Waals surface area contributed by atoms with Gasteiger partial charge in [-0.3, -0.25) is 14.5 Å². The first-order valence-corrected chi connectivity index (χ1v) is 8.46. The Morgan fingerprint density at radius 2 is 2.00 bits per heavy atom. The van der Waals surface area contributed by atoms with E-state index in [4.69, 9.17) is 4.74 Å². The van der Waals surface area contributed by atoms with Crippen molar-refractivity contribution in [2.75, 3.05) is 32.1 Å². The summed E-state index contributed by atoms with van der Waals surface area (Å²) in [5.74, 6) is -0.0970. The van der Waals surface area contributed by atoms with Crippen LogP contribution in [0.4, 0.5) is 5.69 Å². The SMILES string of the molecule is CC(=O)Nc1ccc(CNC(=O)CN(C)C[C@@H]2CCCCO2)cc1. The molecule has 1 fully saturated rings. The molecule has 0 bridgehead atoms. The molecule has 24 heavy (non-hydrogen) atoms. The molecule has 1 heterocycles. The molecule has 0 unspecified atom stereocenters. The molecule has 0 aliphatic carbocycles. The van der Waals surface area contributed by atoms with Crippen LogP contribution in [0.5, 0.6) is 0 Å². The first-order valence-electron chi connectivity index (χ1n) is 8.46. The Kier molecular flexibility index (Phi) is 7.21. The molecule has 1 aliphatic heterocycles. The van der Waals surface area contributed by atoms with Crippen molar-refractivity contribution in [3.63, 3.8) is 0 Å². The molecule has 0 radical (unpaired) electrons. The zero-order chi connectivity index (χ0) is 17.4. The second-order valence-electron chi connectivity index (χ2n) is 6.34. The van der Waals surface area contributed by atoms with E-state index >= 15 is 0 Å². The molecular weight excluding hydrogens is 306 g/mol. The van der Waals surface area contributed by atoms with Crippen LogP contribution in [0.25, 0.3) is 0 Å². The van der Waals surface area contributed by atoms with Crippen LogP contribution in [0, 0.1) is 0 Å². The van der Waals surface area contributed by atoms with Gasteiger partial charge in [0.1, 0.15) is 0 Å². The number of hydrogen-bond donors (Lipinski definition) is 2. The summed E-state index contributed by atoms with van der Waals surface area (Å²) in [6.07, 6.45) is 3.67. The molecule has 2 N–H and O–H groups in total. The Labute approximate surface area is 143 Å². The van der Waals surface area contributed by atoms with E-state index in [1.165, 1.54) is 13.3 Å². The van der Waals surface area contributed by atoms with Gasteiger partial charge < -0.3 is 15.4 Å². The van der Waals surface area contributed by atoms with Crippen LogP contribution >= 0.6 is 0 Å². The monoisotopic (exact) mass is 333 g/mol. The Balaban J connectivity index is 1.69. The number of rotatable bonds is 7. The van der Waals surface area contributed by atoms with Gasteiger partial charge in [-0.2, -0.15) is 0 Å². The first kappa shape index (κ1) is 18.4. The number of nitrogens with zero attached hydrogens (tertiary/aromatic N) is 1. The molecule has 0 aromatic heterocycles. The van der Waals surface area contributed by atoms with Crippen LogP contribution in [0.2, 0.25) is 0 Å². The Morgan fingerprint density at radius 1 is 1.25 bits per heavy atom. The minimum Gasteiger partial charge on any atom is -0.377 e. The fourth-order valence-corrected chi connectivity index (χ4v) is 2.77. The third kappa shape index (κ3) is 6.68. The van der Waals surface area contributed by atoms with E-state index in [0.717, 1.165) is 37.2 Å². The van der Waals surface area contributed by atoms with Crippen LogP contribution in [0.3, 0.4) is 0 Å². The summed E-state index contributed by atoms with van der Waals surface area (Å²) in [6.45, 7) is 3.94. The van der Waals surface area contributed by atoms with E-state index in [1.807, 2.05) is 36.2 Å². The molecule has 2 amide bonds. The first-order chi connectivity index (χ1) is 11.5. The van der Waals surface area contributed by atoms with Crippen molar-refractivity contribution in [3.8, 4) is 0 Å². The quantitative estimate of drug-likeness (QED) is 0.798. The summed E-state index contributed by atoms with van der Waals surface area (Å²) < 4.78 is 5.69. The average molecular weight is 333 g/mol. The van der Waals surface area contributed by atoms with Crippen molar-refractivity contribution in [1.29, 1.82) is 0 Å². The number of carbonyl (C=O) groups is 2. The van der Waals surface area contributed by atoms with Gasteiger partial charge in [0, 0.05) is 32.3 Å². The lowest BCUT2D eigenvalue weighted by atomic mass is 10.1. The van der Waals surface area contributed by atoms with Gasteiger partial charge in [-0.1, -0.05) is 12.1 Å². The van der Waals surface area contributed by atoms with Crippen molar-refractivity contribution >= 4 is 17.5 Å². The van der Waals surface area contributed by atoms with E-state index in [9.17, 15) is 9.59 Å². The van der Waals surface area contributed by atoms with Crippen molar-refractivity contribution in [3.05, 3.63) is 29.8 Å². The number of benzene rings is 1. The average Bonchev–Trinajstić information content (AvgIpc) is 2.54. The molecule has 6 heteroatoms. The van der Waals surface area contributed by atoms with Gasteiger partial charge in [-0.15, -0.1) is 0 Å². The molecule has 0 spiro atoms. The zero-order valence-corrected chi connectivity index (χ0v) is 14.5. The summed E-state index contributed by atoms with van der Waals surface area (Å²) in [4.78, 5) is 25.0. The van der Waals surface area contributed by atoms with Crippen molar-refractivity contribution in [2.24, 2.45) is 0 Å². The number of carbonyl (C=O) groups excluding carboxylic acids is 2. The fourth-order valence-electron chi connectivity index (χ4n) is 2.77. The molecule has 1 aliphatic rings. The minimum absolute atomic E-state index is 0.000697. The summed E-state index contributed by atoms with van der Waals surface area (Å²) in [5, 5.41) is 5.64. The number of ether oxygens (including phenoxy) is 1. The molecule has 1 atom stereocenters. The van der Waals surface area contributed by atoms with E-state index < -0.39 is 0 Å². The van der Waals surface area contributed by atoms with Crippen LogP contribution in [-0.4, -0.2) is 49.6 Å². The lowest BCUT2D eigenvalue weighted by Crippen LogP contribution is -2.39. The fraction of sp³-hybridized carbons (Fsp3) is 0.556. The van der Waals surface area contributed by atoms with Crippen LogP contribution in [-0.2, 0) is 20.9 Å². The van der Waals surface area contributed by atoms with E-state index in [-0.39, 0.29) is 17.9 Å². The van der Waals surface area contributed by atoms with Gasteiger partial charge in [0.15, 0.2) is 0 Å². The maximum Gasteiger partial charge on any atom is 0.234 e.